The third-order valence-electron chi connectivity index (χ3n) is 5.38. The smallest absolute Gasteiger partial charge is 0.382 e. The number of rotatable bonds is 15. The molecule has 17 heteroatoms. The molecule has 0 saturated carbocycles. The van der Waals surface area contributed by atoms with Crippen LogP contribution in [-0.4, -0.2) is 74.5 Å². The van der Waals surface area contributed by atoms with Crippen molar-refractivity contribution in [1.82, 2.24) is 19.5 Å². The maximum atomic E-state index is 12.7. The average molecular weight is 553 g/mol. The van der Waals surface area contributed by atoms with E-state index in [0.29, 0.717) is 24.0 Å². The molecule has 204 valence electrons. The Morgan fingerprint density at radius 3 is 2.33 bits per heavy atom. The molecule has 6 atom stereocenters. The number of aromatic nitrogens is 4. The highest BCUT2D eigenvalue weighted by Crippen LogP contribution is 2.50. The van der Waals surface area contributed by atoms with Crippen molar-refractivity contribution in [3.05, 3.63) is 12.7 Å². The quantitative estimate of drug-likeness (QED) is 0.215. The Kier molecular flexibility index (Phi) is 10.4. The van der Waals surface area contributed by atoms with E-state index in [0.717, 1.165) is 12.8 Å². The number of nitrogens with two attached hydrogens (primary N) is 1. The number of unbranched alkanes of at least 4 members (excludes halogenated alkanes) is 2. The largest absolute Gasteiger partial charge is 0.472 e. The molecule has 3 heterocycles. The van der Waals surface area contributed by atoms with E-state index in [2.05, 4.69) is 15.0 Å². The summed E-state index contributed by atoms with van der Waals surface area (Å²) in [6.07, 6.45) is 0.895. The third kappa shape index (κ3) is 7.29. The number of anilines is 1. The minimum Gasteiger partial charge on any atom is -0.382 e. The fourth-order valence-electron chi connectivity index (χ4n) is 3.54. The molecule has 1 aliphatic heterocycles. The van der Waals surface area contributed by atoms with Gasteiger partial charge in [-0.2, -0.15) is 0 Å². The van der Waals surface area contributed by atoms with Crippen LogP contribution in [0.5, 0.6) is 0 Å². The molecular formula is C19H33N5O10P2. The molecule has 0 spiro atoms. The molecule has 3 rings (SSSR count). The topological polar surface area (TPSA) is 200 Å². The molecule has 4 N–H and O–H groups in total. The highest BCUT2D eigenvalue weighted by atomic mass is 31.2. The number of imidazole rings is 1. The van der Waals surface area contributed by atoms with Gasteiger partial charge in [0.1, 0.15) is 30.2 Å². The minimum absolute atomic E-state index is 0.000432. The predicted molar refractivity (Wildman–Crippen MR) is 127 cm³/mol. The normalized spacial score (nSPS) is 25.7. The first-order chi connectivity index (χ1) is 17.1. The van der Waals surface area contributed by atoms with Gasteiger partial charge in [0, 0.05) is 7.11 Å². The second-order valence-electron chi connectivity index (χ2n) is 8.02. The molecule has 0 aromatic carbocycles. The zero-order valence-electron chi connectivity index (χ0n) is 20.3. The molecule has 0 aliphatic carbocycles. The Hall–Kier alpha value is -1.51. The molecule has 2 aromatic rings. The number of nitrogen functional groups attached to an aromatic ring is 1. The van der Waals surface area contributed by atoms with E-state index in [-0.39, 0.29) is 19.0 Å². The molecule has 1 fully saturated rings. The summed E-state index contributed by atoms with van der Waals surface area (Å²) in [7, 11) is -7.62. The second kappa shape index (κ2) is 12.8. The van der Waals surface area contributed by atoms with E-state index in [4.69, 9.17) is 33.3 Å². The fourth-order valence-corrected chi connectivity index (χ4v) is 5.29. The van der Waals surface area contributed by atoms with Gasteiger partial charge in [-0.3, -0.25) is 22.7 Å². The molecule has 0 amide bonds. The first-order valence-corrected chi connectivity index (χ1v) is 14.5. The number of phosphoric ester groups is 2. The number of methoxy groups -OCH3 is 1. The van der Waals surface area contributed by atoms with Gasteiger partial charge in [-0.15, -0.1) is 0 Å². The lowest BCUT2D eigenvalue weighted by atomic mass is 10.1. The minimum atomic E-state index is -4.55. The number of ether oxygens (including phenoxy) is 2. The highest BCUT2D eigenvalue weighted by molar-refractivity contribution is 7.47. The maximum absolute atomic E-state index is 12.7. The first-order valence-electron chi connectivity index (χ1n) is 11.5. The van der Waals surface area contributed by atoms with Gasteiger partial charge >= 0.3 is 15.6 Å². The first kappa shape index (κ1) is 29.1. The van der Waals surface area contributed by atoms with Crippen LogP contribution in [0.1, 0.15) is 45.8 Å². The summed E-state index contributed by atoms with van der Waals surface area (Å²) in [6, 6.07) is 0. The van der Waals surface area contributed by atoms with E-state index < -0.39 is 46.8 Å². The van der Waals surface area contributed by atoms with Gasteiger partial charge in [-0.05, 0) is 12.8 Å². The monoisotopic (exact) mass is 553 g/mol. The van der Waals surface area contributed by atoms with E-state index in [9.17, 15) is 18.9 Å². The second-order valence-corrected chi connectivity index (χ2v) is 10.9. The van der Waals surface area contributed by atoms with Gasteiger partial charge < -0.3 is 25.0 Å². The molecule has 15 nitrogen and oxygen atoms in total. The summed E-state index contributed by atoms with van der Waals surface area (Å²) in [5.74, 6) is 0.146. The van der Waals surface area contributed by atoms with Crippen molar-refractivity contribution in [2.24, 2.45) is 0 Å². The predicted octanol–water partition coefficient (Wildman–Crippen LogP) is 2.56. The number of hydrogen-bond donors (Lipinski definition) is 3. The van der Waals surface area contributed by atoms with E-state index in [1.807, 2.05) is 13.8 Å². The van der Waals surface area contributed by atoms with Crippen LogP contribution in [0.2, 0.25) is 0 Å². The van der Waals surface area contributed by atoms with Crippen LogP contribution in [0.3, 0.4) is 0 Å². The third-order valence-corrected chi connectivity index (χ3v) is 7.38. The van der Waals surface area contributed by atoms with Crippen molar-refractivity contribution >= 4 is 32.6 Å². The number of hydrogen-bond acceptors (Lipinski definition) is 12. The SMILES string of the molecule is CCCCOP(=O)(O)OC[C@H]1O[C@@H](n2cnc3c(N)ncnc32)[C@H](OC)[C@@H]1OP(=O)(O)OCCCC. The van der Waals surface area contributed by atoms with Crippen molar-refractivity contribution in [2.75, 3.05) is 32.7 Å². The molecule has 2 unspecified atom stereocenters. The molecule has 1 saturated heterocycles. The van der Waals surface area contributed by atoms with Crippen LogP contribution in [0, 0.1) is 0 Å². The summed E-state index contributed by atoms with van der Waals surface area (Å²) in [4.78, 5) is 32.6. The standard InChI is InChI=1S/C19H33N5O10P2/c1-4-6-8-30-35(25,26)32-10-13-15(34-36(27,28)31-9-7-5-2)16(29-3)19(33-13)24-12-23-14-17(20)21-11-22-18(14)24/h11-13,15-16,19H,4-10H2,1-3H3,(H,25,26)(H,27,28)(H2,20,21,22)/t13-,15-,16-,19-/m1/s1. The van der Waals surface area contributed by atoms with Crippen molar-refractivity contribution in [1.29, 1.82) is 0 Å². The van der Waals surface area contributed by atoms with Gasteiger partial charge in [0.25, 0.3) is 0 Å². The Morgan fingerprint density at radius 1 is 1.03 bits per heavy atom. The molecular weight excluding hydrogens is 520 g/mol. The van der Waals surface area contributed by atoms with Crippen LogP contribution in [0.4, 0.5) is 5.82 Å². The van der Waals surface area contributed by atoms with Crippen LogP contribution >= 0.6 is 15.6 Å². The summed E-state index contributed by atoms with van der Waals surface area (Å²) in [5.41, 5.74) is 6.50. The van der Waals surface area contributed by atoms with Crippen LogP contribution in [0.15, 0.2) is 12.7 Å². The van der Waals surface area contributed by atoms with Gasteiger partial charge in [-0.1, -0.05) is 26.7 Å². The number of fused-ring (bicyclic) bond motifs is 1. The number of phosphoric acid groups is 2. The van der Waals surface area contributed by atoms with Crippen molar-refractivity contribution in [3.8, 4) is 0 Å². The van der Waals surface area contributed by atoms with Crippen LogP contribution in [-0.2, 0) is 36.7 Å². The lowest BCUT2D eigenvalue weighted by molar-refractivity contribution is -0.0584. The lowest BCUT2D eigenvalue weighted by Gasteiger charge is -2.25. The van der Waals surface area contributed by atoms with Gasteiger partial charge in [0.15, 0.2) is 17.7 Å². The van der Waals surface area contributed by atoms with Gasteiger partial charge in [0.2, 0.25) is 0 Å². The molecule has 0 bridgehead atoms. The summed E-state index contributed by atoms with van der Waals surface area (Å²) in [5, 5.41) is 0. The maximum Gasteiger partial charge on any atom is 0.472 e. The van der Waals surface area contributed by atoms with Gasteiger partial charge in [0.05, 0.1) is 26.1 Å². The zero-order chi connectivity index (χ0) is 26.3. The van der Waals surface area contributed by atoms with Crippen LogP contribution < -0.4 is 5.73 Å². The summed E-state index contributed by atoms with van der Waals surface area (Å²) >= 11 is 0. The summed E-state index contributed by atoms with van der Waals surface area (Å²) < 4.78 is 58.6. The van der Waals surface area contributed by atoms with E-state index in [1.165, 1.54) is 24.3 Å². The molecule has 0 radical (unpaired) electrons. The molecule has 36 heavy (non-hydrogen) atoms. The highest BCUT2D eigenvalue weighted by Gasteiger charge is 2.51. The average Bonchev–Trinajstić information content (AvgIpc) is 3.39. The lowest BCUT2D eigenvalue weighted by Crippen LogP contribution is -2.37. The Balaban J connectivity index is 1.86. The van der Waals surface area contributed by atoms with Crippen molar-refractivity contribution < 1.29 is 46.5 Å². The Labute approximate surface area is 208 Å². The van der Waals surface area contributed by atoms with E-state index in [1.54, 1.807) is 0 Å². The fraction of sp³-hybridized carbons (Fsp3) is 0.737. The Morgan fingerprint density at radius 2 is 1.69 bits per heavy atom. The van der Waals surface area contributed by atoms with Crippen molar-refractivity contribution in [3.63, 3.8) is 0 Å². The van der Waals surface area contributed by atoms with E-state index >= 15 is 0 Å². The Bertz CT molecular complexity index is 1090. The summed E-state index contributed by atoms with van der Waals surface area (Å²) in [6.45, 7) is 3.31. The van der Waals surface area contributed by atoms with Crippen LogP contribution in [0.25, 0.3) is 11.2 Å². The van der Waals surface area contributed by atoms with Crippen molar-refractivity contribution in [2.45, 2.75) is 64.1 Å². The zero-order valence-corrected chi connectivity index (χ0v) is 22.1. The molecule has 2 aromatic heterocycles. The molecule has 1 aliphatic rings. The number of nitrogens with zero attached hydrogens (tertiary/aromatic N) is 4. The van der Waals surface area contributed by atoms with Gasteiger partial charge in [-0.25, -0.2) is 24.1 Å².